The summed E-state index contributed by atoms with van der Waals surface area (Å²) < 4.78 is 7.09. The Kier molecular flexibility index (Phi) is 4.82. The highest BCUT2D eigenvalue weighted by molar-refractivity contribution is 6.33. The second-order valence-corrected chi connectivity index (χ2v) is 7.86. The largest absolute Gasteiger partial charge is 0.360 e. The maximum atomic E-state index is 13.4. The summed E-state index contributed by atoms with van der Waals surface area (Å²) in [4.78, 5) is 26.0. The standard InChI is InChI=1S/C21H20ClN7O2/c1-13-11-17(29-21(25-13)23-12-24-29)27-7-9-28(10-8-27)20(30)18-14(2)31-26-19(18)15-5-3-4-6-16(15)22/h3-6,11-12H,7-10H2,1-2H3. The number of halogens is 1. The average Bonchev–Trinajstić information content (AvgIpc) is 3.39. The Balaban J connectivity index is 1.38. The van der Waals surface area contributed by atoms with Crippen LogP contribution in [0, 0.1) is 13.8 Å². The molecule has 9 nitrogen and oxygen atoms in total. The lowest BCUT2D eigenvalue weighted by molar-refractivity contribution is 0.0745. The molecule has 0 atom stereocenters. The summed E-state index contributed by atoms with van der Waals surface area (Å²) in [5.74, 6) is 1.87. The maximum absolute atomic E-state index is 13.4. The van der Waals surface area contributed by atoms with Crippen LogP contribution in [0.1, 0.15) is 21.8 Å². The lowest BCUT2D eigenvalue weighted by Gasteiger charge is -2.36. The molecule has 10 heteroatoms. The van der Waals surface area contributed by atoms with Gasteiger partial charge in [0.2, 0.25) is 0 Å². The molecule has 1 amide bonds. The van der Waals surface area contributed by atoms with E-state index in [4.69, 9.17) is 16.1 Å². The van der Waals surface area contributed by atoms with Crippen molar-refractivity contribution in [1.29, 1.82) is 0 Å². The molecule has 3 aromatic heterocycles. The number of hydrogen-bond acceptors (Lipinski definition) is 7. The second kappa shape index (κ2) is 7.66. The van der Waals surface area contributed by atoms with E-state index in [1.165, 1.54) is 6.33 Å². The topological polar surface area (TPSA) is 92.7 Å². The van der Waals surface area contributed by atoms with E-state index in [0.717, 1.165) is 11.5 Å². The molecule has 0 spiro atoms. The third-order valence-electron chi connectivity index (χ3n) is 5.46. The molecule has 4 aromatic rings. The number of amides is 1. The van der Waals surface area contributed by atoms with E-state index >= 15 is 0 Å². The third kappa shape index (κ3) is 3.40. The first kappa shape index (κ1) is 19.5. The molecule has 1 fully saturated rings. The highest BCUT2D eigenvalue weighted by Crippen LogP contribution is 2.32. The zero-order valence-electron chi connectivity index (χ0n) is 17.1. The molecule has 158 valence electrons. The number of hydrogen-bond donors (Lipinski definition) is 0. The van der Waals surface area contributed by atoms with Crippen molar-refractivity contribution in [2.75, 3.05) is 31.1 Å². The molecule has 0 bridgehead atoms. The number of rotatable bonds is 3. The van der Waals surface area contributed by atoms with Crippen molar-refractivity contribution in [2.45, 2.75) is 13.8 Å². The molecule has 1 saturated heterocycles. The number of anilines is 1. The fraction of sp³-hybridized carbons (Fsp3) is 0.286. The number of benzene rings is 1. The van der Waals surface area contributed by atoms with E-state index < -0.39 is 0 Å². The molecule has 31 heavy (non-hydrogen) atoms. The van der Waals surface area contributed by atoms with Crippen LogP contribution < -0.4 is 4.90 Å². The highest BCUT2D eigenvalue weighted by Gasteiger charge is 2.30. The average molecular weight is 438 g/mol. The van der Waals surface area contributed by atoms with E-state index in [-0.39, 0.29) is 5.91 Å². The molecule has 0 aliphatic carbocycles. The van der Waals surface area contributed by atoms with Gasteiger partial charge in [-0.3, -0.25) is 4.79 Å². The van der Waals surface area contributed by atoms with Crippen LogP contribution in [0.5, 0.6) is 0 Å². The van der Waals surface area contributed by atoms with Crippen molar-refractivity contribution in [3.05, 3.63) is 58.7 Å². The first-order valence-electron chi connectivity index (χ1n) is 9.95. The Morgan fingerprint density at radius 1 is 1.13 bits per heavy atom. The van der Waals surface area contributed by atoms with Crippen molar-refractivity contribution in [3.63, 3.8) is 0 Å². The van der Waals surface area contributed by atoms with Crippen molar-refractivity contribution in [3.8, 4) is 11.3 Å². The van der Waals surface area contributed by atoms with Crippen molar-refractivity contribution in [1.82, 2.24) is 29.6 Å². The second-order valence-electron chi connectivity index (χ2n) is 7.45. The van der Waals surface area contributed by atoms with Gasteiger partial charge in [0.15, 0.2) is 0 Å². The summed E-state index contributed by atoms with van der Waals surface area (Å²) in [6.07, 6.45) is 1.50. The minimum absolute atomic E-state index is 0.106. The number of aryl methyl sites for hydroxylation is 2. The number of aromatic nitrogens is 5. The zero-order valence-corrected chi connectivity index (χ0v) is 17.9. The quantitative estimate of drug-likeness (QED) is 0.486. The van der Waals surface area contributed by atoms with Crippen LogP contribution in [0.3, 0.4) is 0 Å². The van der Waals surface area contributed by atoms with E-state index in [9.17, 15) is 4.79 Å². The molecule has 1 aliphatic heterocycles. The molecule has 0 radical (unpaired) electrons. The van der Waals surface area contributed by atoms with Gasteiger partial charge in [0.25, 0.3) is 11.7 Å². The Hall–Kier alpha value is -3.46. The molecule has 4 heterocycles. The Labute approximate surface area is 183 Å². The van der Waals surface area contributed by atoms with Crippen LogP contribution in [-0.4, -0.2) is 61.7 Å². The molecule has 0 saturated carbocycles. The summed E-state index contributed by atoms with van der Waals surface area (Å²) in [5, 5.41) is 8.93. The van der Waals surface area contributed by atoms with Crippen molar-refractivity contribution >= 4 is 29.1 Å². The predicted molar refractivity (Wildman–Crippen MR) is 115 cm³/mol. The Bertz CT molecular complexity index is 1270. The van der Waals surface area contributed by atoms with Crippen LogP contribution in [0.4, 0.5) is 5.82 Å². The minimum Gasteiger partial charge on any atom is -0.360 e. The van der Waals surface area contributed by atoms with Crippen LogP contribution in [0.15, 0.2) is 41.2 Å². The van der Waals surface area contributed by atoms with Gasteiger partial charge < -0.3 is 14.3 Å². The van der Waals surface area contributed by atoms with Gasteiger partial charge in [0.05, 0.1) is 5.02 Å². The molecular formula is C21H20ClN7O2. The fourth-order valence-corrected chi connectivity index (χ4v) is 4.12. The van der Waals surface area contributed by atoms with Gasteiger partial charge in [0.1, 0.15) is 29.2 Å². The number of carbonyl (C=O) groups is 1. The monoisotopic (exact) mass is 437 g/mol. The number of carbonyl (C=O) groups excluding carboxylic acids is 1. The zero-order chi connectivity index (χ0) is 21.5. The smallest absolute Gasteiger partial charge is 0.259 e. The summed E-state index contributed by atoms with van der Waals surface area (Å²) in [6.45, 7) is 6.12. The van der Waals surface area contributed by atoms with E-state index in [0.29, 0.717) is 59.6 Å². The molecular weight excluding hydrogens is 418 g/mol. The summed E-state index contributed by atoms with van der Waals surface area (Å²) >= 11 is 6.34. The first-order valence-corrected chi connectivity index (χ1v) is 10.3. The minimum atomic E-state index is -0.106. The SMILES string of the molecule is Cc1cc(N2CCN(C(=O)c3c(-c4ccccc4Cl)noc3C)CC2)n2ncnc2n1. The van der Waals surface area contributed by atoms with Gasteiger partial charge in [-0.2, -0.15) is 14.6 Å². The summed E-state index contributed by atoms with van der Waals surface area (Å²) in [5.41, 5.74) is 2.49. The summed E-state index contributed by atoms with van der Waals surface area (Å²) in [7, 11) is 0. The lowest BCUT2D eigenvalue weighted by atomic mass is 10.0. The molecule has 1 aliphatic rings. The van der Waals surface area contributed by atoms with Crippen molar-refractivity contribution < 1.29 is 9.32 Å². The van der Waals surface area contributed by atoms with E-state index in [1.54, 1.807) is 17.5 Å². The molecule has 1 aromatic carbocycles. The normalized spacial score (nSPS) is 14.4. The number of fused-ring (bicyclic) bond motifs is 1. The van der Waals surface area contributed by atoms with Gasteiger partial charge in [-0.15, -0.1) is 0 Å². The number of nitrogens with zero attached hydrogens (tertiary/aromatic N) is 7. The van der Waals surface area contributed by atoms with Crippen LogP contribution in [-0.2, 0) is 0 Å². The lowest BCUT2D eigenvalue weighted by Crippen LogP contribution is -2.49. The predicted octanol–water partition coefficient (Wildman–Crippen LogP) is 3.01. The van der Waals surface area contributed by atoms with Gasteiger partial charge in [-0.05, 0) is 19.9 Å². The summed E-state index contributed by atoms with van der Waals surface area (Å²) in [6, 6.07) is 9.30. The highest BCUT2D eigenvalue weighted by atomic mass is 35.5. The van der Waals surface area contributed by atoms with Gasteiger partial charge >= 0.3 is 0 Å². The van der Waals surface area contributed by atoms with Crippen LogP contribution in [0.25, 0.3) is 17.0 Å². The Morgan fingerprint density at radius 3 is 2.68 bits per heavy atom. The number of piperazine rings is 1. The van der Waals surface area contributed by atoms with Crippen LogP contribution in [0.2, 0.25) is 5.02 Å². The molecule has 0 unspecified atom stereocenters. The van der Waals surface area contributed by atoms with E-state index in [1.807, 2.05) is 36.1 Å². The van der Waals surface area contributed by atoms with Crippen LogP contribution >= 0.6 is 11.6 Å². The fourth-order valence-electron chi connectivity index (χ4n) is 3.89. The third-order valence-corrected chi connectivity index (χ3v) is 5.79. The van der Waals surface area contributed by atoms with Gasteiger partial charge in [-0.1, -0.05) is 35.0 Å². The van der Waals surface area contributed by atoms with Gasteiger partial charge in [0, 0.05) is 43.5 Å². The molecule has 5 rings (SSSR count). The maximum Gasteiger partial charge on any atom is 0.259 e. The Morgan fingerprint density at radius 2 is 1.90 bits per heavy atom. The van der Waals surface area contributed by atoms with Crippen molar-refractivity contribution in [2.24, 2.45) is 0 Å². The molecule has 0 N–H and O–H groups in total. The van der Waals surface area contributed by atoms with E-state index in [2.05, 4.69) is 25.1 Å². The first-order chi connectivity index (χ1) is 15.0. The van der Waals surface area contributed by atoms with Gasteiger partial charge in [-0.25, -0.2) is 4.98 Å².